The number of carbonyl (C=O) groups is 2. The van der Waals surface area contributed by atoms with E-state index in [0.717, 1.165) is 0 Å². The summed E-state index contributed by atoms with van der Waals surface area (Å²) < 4.78 is 15.9. The van der Waals surface area contributed by atoms with Gasteiger partial charge in [-0.25, -0.2) is 9.59 Å². The van der Waals surface area contributed by atoms with Crippen LogP contribution in [0.1, 0.15) is 41.5 Å². The molecule has 7 nitrogen and oxygen atoms in total. The van der Waals surface area contributed by atoms with E-state index in [1.54, 1.807) is 32.8 Å². The maximum Gasteiger partial charge on any atom is 0.410 e. The Hall–Kier alpha value is -1.50. The molecule has 0 bridgehead atoms. The van der Waals surface area contributed by atoms with Crippen LogP contribution in [-0.2, 0) is 14.2 Å². The monoisotopic (exact) mass is 330 g/mol. The molecule has 1 heterocycles. The highest BCUT2D eigenvalue weighted by atomic mass is 16.6. The van der Waals surface area contributed by atoms with Crippen molar-refractivity contribution in [1.29, 1.82) is 0 Å². The summed E-state index contributed by atoms with van der Waals surface area (Å²) in [5.74, 6) is 0.0000340. The fourth-order valence-corrected chi connectivity index (χ4v) is 2.35. The van der Waals surface area contributed by atoms with Crippen LogP contribution in [0.4, 0.5) is 9.59 Å². The minimum Gasteiger partial charge on any atom is -0.444 e. The van der Waals surface area contributed by atoms with E-state index in [1.165, 1.54) is 0 Å². The van der Waals surface area contributed by atoms with Gasteiger partial charge in [0.05, 0.1) is 12.6 Å². The fraction of sp³-hybridized carbons (Fsp3) is 0.875. The maximum atomic E-state index is 12.2. The van der Waals surface area contributed by atoms with Gasteiger partial charge < -0.3 is 24.4 Å². The molecule has 23 heavy (non-hydrogen) atoms. The minimum absolute atomic E-state index is 0.0000340. The Morgan fingerprint density at radius 1 is 1.04 bits per heavy atom. The van der Waals surface area contributed by atoms with Gasteiger partial charge in [-0.1, -0.05) is 0 Å². The zero-order valence-electron chi connectivity index (χ0n) is 15.3. The lowest BCUT2D eigenvalue weighted by atomic mass is 10.1. The van der Waals surface area contributed by atoms with Crippen molar-refractivity contribution < 1.29 is 23.8 Å². The van der Waals surface area contributed by atoms with Gasteiger partial charge in [0, 0.05) is 26.1 Å². The van der Waals surface area contributed by atoms with Crippen LogP contribution in [0.3, 0.4) is 0 Å². The highest BCUT2D eigenvalue weighted by molar-refractivity contribution is 5.70. The molecule has 2 atom stereocenters. The Labute approximate surface area is 138 Å². The van der Waals surface area contributed by atoms with Gasteiger partial charge in [-0.3, -0.25) is 0 Å². The predicted octanol–water partition coefficient (Wildman–Crippen LogP) is 2.39. The number of hydrogen-bond donors (Lipinski definition) is 1. The third-order valence-electron chi connectivity index (χ3n) is 3.18. The summed E-state index contributed by atoms with van der Waals surface area (Å²) in [5, 5.41) is 2.83. The Kier molecular flexibility index (Phi) is 6.27. The summed E-state index contributed by atoms with van der Waals surface area (Å²) in [6.07, 6.45) is -0.873. The molecule has 7 heteroatoms. The molecule has 1 fully saturated rings. The second-order valence-corrected chi connectivity index (χ2v) is 7.85. The van der Waals surface area contributed by atoms with Crippen molar-refractivity contribution >= 4 is 12.2 Å². The van der Waals surface area contributed by atoms with Crippen molar-refractivity contribution in [3.05, 3.63) is 0 Å². The number of carbonyl (C=O) groups excluding carboxylic acids is 2. The first-order chi connectivity index (χ1) is 10.4. The summed E-state index contributed by atoms with van der Waals surface area (Å²) >= 11 is 0. The third-order valence-corrected chi connectivity index (χ3v) is 3.18. The zero-order chi connectivity index (χ0) is 17.8. The van der Waals surface area contributed by atoms with Crippen LogP contribution >= 0.6 is 0 Å². The van der Waals surface area contributed by atoms with E-state index in [2.05, 4.69) is 5.32 Å². The molecule has 1 N–H and O–H groups in total. The van der Waals surface area contributed by atoms with Gasteiger partial charge in [0.1, 0.15) is 11.2 Å². The average molecular weight is 330 g/mol. The average Bonchev–Trinajstić information content (AvgIpc) is 2.68. The van der Waals surface area contributed by atoms with E-state index >= 15 is 0 Å². The molecule has 1 aliphatic rings. The van der Waals surface area contributed by atoms with Crippen LogP contribution in [0.25, 0.3) is 0 Å². The van der Waals surface area contributed by atoms with Crippen molar-refractivity contribution in [2.75, 3.05) is 26.8 Å². The van der Waals surface area contributed by atoms with Crippen molar-refractivity contribution in [2.45, 2.75) is 58.8 Å². The van der Waals surface area contributed by atoms with Gasteiger partial charge in [-0.2, -0.15) is 0 Å². The Balaban J connectivity index is 2.67. The number of amides is 2. The SMILES string of the molecule is COCC1CN(C(=O)OC(C)(C)C)CC1NC(=O)OC(C)(C)C. The largest absolute Gasteiger partial charge is 0.444 e. The van der Waals surface area contributed by atoms with Crippen molar-refractivity contribution in [3.8, 4) is 0 Å². The highest BCUT2D eigenvalue weighted by Crippen LogP contribution is 2.21. The normalized spacial score (nSPS) is 22.0. The molecule has 0 saturated carbocycles. The van der Waals surface area contributed by atoms with Gasteiger partial charge >= 0.3 is 12.2 Å². The third kappa shape index (κ3) is 7.07. The van der Waals surface area contributed by atoms with Gasteiger partial charge in [-0.05, 0) is 41.5 Å². The number of methoxy groups -OCH3 is 1. The zero-order valence-corrected chi connectivity index (χ0v) is 15.3. The molecule has 1 aliphatic heterocycles. The Morgan fingerprint density at radius 2 is 1.61 bits per heavy atom. The number of likely N-dealkylation sites (tertiary alicyclic amines) is 1. The van der Waals surface area contributed by atoms with Gasteiger partial charge in [0.2, 0.25) is 0 Å². The summed E-state index contributed by atoms with van der Waals surface area (Å²) in [5.41, 5.74) is -1.12. The van der Waals surface area contributed by atoms with Crippen molar-refractivity contribution in [3.63, 3.8) is 0 Å². The lowest BCUT2D eigenvalue weighted by molar-refractivity contribution is 0.0275. The van der Waals surface area contributed by atoms with E-state index in [9.17, 15) is 9.59 Å². The van der Waals surface area contributed by atoms with Gasteiger partial charge in [0.15, 0.2) is 0 Å². The summed E-state index contributed by atoms with van der Waals surface area (Å²) in [6, 6.07) is -0.225. The number of alkyl carbamates (subject to hydrolysis) is 1. The van der Waals surface area contributed by atoms with Crippen LogP contribution in [0.2, 0.25) is 0 Å². The standard InChI is InChI=1S/C16H30N2O5/c1-15(2,3)22-13(19)17-12-9-18(8-11(12)10-21-7)14(20)23-16(4,5)6/h11-12H,8-10H2,1-7H3,(H,17,19). The summed E-state index contributed by atoms with van der Waals surface area (Å²) in [6.45, 7) is 12.2. The molecule has 2 amide bonds. The number of ether oxygens (including phenoxy) is 3. The van der Waals surface area contributed by atoms with E-state index in [0.29, 0.717) is 19.7 Å². The van der Waals surface area contributed by atoms with Crippen LogP contribution in [0, 0.1) is 5.92 Å². The fourth-order valence-electron chi connectivity index (χ4n) is 2.35. The quantitative estimate of drug-likeness (QED) is 0.860. The molecular formula is C16H30N2O5. The lowest BCUT2D eigenvalue weighted by Crippen LogP contribution is -2.44. The maximum absolute atomic E-state index is 12.2. The second-order valence-electron chi connectivity index (χ2n) is 7.85. The molecule has 0 aromatic heterocycles. The molecule has 1 saturated heterocycles. The Morgan fingerprint density at radius 3 is 2.09 bits per heavy atom. The van der Waals surface area contributed by atoms with Crippen LogP contribution in [-0.4, -0.2) is 61.1 Å². The first-order valence-electron chi connectivity index (χ1n) is 7.87. The molecule has 0 radical (unpaired) electrons. The Bertz CT molecular complexity index is 425. The molecule has 134 valence electrons. The van der Waals surface area contributed by atoms with E-state index in [-0.39, 0.29) is 18.1 Å². The van der Waals surface area contributed by atoms with Crippen LogP contribution in [0.15, 0.2) is 0 Å². The number of hydrogen-bond acceptors (Lipinski definition) is 5. The van der Waals surface area contributed by atoms with Gasteiger partial charge in [-0.15, -0.1) is 0 Å². The molecular weight excluding hydrogens is 300 g/mol. The second kappa shape index (κ2) is 7.38. The van der Waals surface area contributed by atoms with Crippen LogP contribution in [0.5, 0.6) is 0 Å². The highest BCUT2D eigenvalue weighted by Gasteiger charge is 2.38. The van der Waals surface area contributed by atoms with Crippen LogP contribution < -0.4 is 5.32 Å². The first kappa shape index (κ1) is 19.5. The minimum atomic E-state index is -0.565. The number of nitrogens with zero attached hydrogens (tertiary/aromatic N) is 1. The number of nitrogens with one attached hydrogen (secondary N) is 1. The molecule has 0 aromatic carbocycles. The van der Waals surface area contributed by atoms with E-state index < -0.39 is 17.3 Å². The summed E-state index contributed by atoms with van der Waals surface area (Å²) in [4.78, 5) is 25.7. The van der Waals surface area contributed by atoms with E-state index in [4.69, 9.17) is 14.2 Å². The van der Waals surface area contributed by atoms with Crippen molar-refractivity contribution in [1.82, 2.24) is 10.2 Å². The topological polar surface area (TPSA) is 77.1 Å². The number of rotatable bonds is 3. The molecule has 0 aliphatic carbocycles. The van der Waals surface area contributed by atoms with Crippen molar-refractivity contribution in [2.24, 2.45) is 5.92 Å². The summed E-state index contributed by atoms with van der Waals surface area (Å²) in [7, 11) is 1.60. The molecule has 0 aromatic rings. The van der Waals surface area contributed by atoms with Gasteiger partial charge in [0.25, 0.3) is 0 Å². The molecule has 1 rings (SSSR count). The predicted molar refractivity (Wildman–Crippen MR) is 86.3 cm³/mol. The lowest BCUT2D eigenvalue weighted by Gasteiger charge is -2.25. The van der Waals surface area contributed by atoms with E-state index in [1.807, 2.05) is 20.8 Å². The smallest absolute Gasteiger partial charge is 0.410 e. The molecule has 2 unspecified atom stereocenters. The molecule has 0 spiro atoms. The first-order valence-corrected chi connectivity index (χ1v) is 7.87.